The smallest absolute Gasteiger partial charge is 0.271 e. The Morgan fingerprint density at radius 3 is 2.82 bits per heavy atom. The van der Waals surface area contributed by atoms with Crippen molar-refractivity contribution in [3.63, 3.8) is 0 Å². The largest absolute Gasteiger partial charge is 0.396 e. The van der Waals surface area contributed by atoms with Crippen molar-refractivity contribution in [2.24, 2.45) is 11.7 Å². The first-order valence-electron chi connectivity index (χ1n) is 6.28. The maximum absolute atomic E-state index is 11.1. The molecule has 1 amide bonds. The Morgan fingerprint density at radius 2 is 2.24 bits per heavy atom. The van der Waals surface area contributed by atoms with Gasteiger partial charge in [-0.25, -0.2) is 0 Å². The number of hydrogen-bond donors (Lipinski definition) is 2. The SMILES string of the molecule is CCC1CCCCC1n1cc(N)c(C(N)=O)n1. The number of primary amides is 1. The molecule has 1 fully saturated rings. The summed E-state index contributed by atoms with van der Waals surface area (Å²) in [6.45, 7) is 2.20. The zero-order valence-electron chi connectivity index (χ0n) is 10.2. The van der Waals surface area contributed by atoms with E-state index < -0.39 is 5.91 Å². The van der Waals surface area contributed by atoms with Crippen LogP contribution in [0.2, 0.25) is 0 Å². The first-order chi connectivity index (χ1) is 8.13. The number of nitrogen functional groups attached to an aromatic ring is 1. The maximum atomic E-state index is 11.1. The number of nitrogens with two attached hydrogens (primary N) is 2. The summed E-state index contributed by atoms with van der Waals surface area (Å²) < 4.78 is 1.85. The summed E-state index contributed by atoms with van der Waals surface area (Å²) in [6, 6.07) is 0.365. The van der Waals surface area contributed by atoms with E-state index in [9.17, 15) is 4.79 Å². The number of amides is 1. The predicted molar refractivity (Wildman–Crippen MR) is 66.4 cm³/mol. The van der Waals surface area contributed by atoms with Gasteiger partial charge in [0.2, 0.25) is 0 Å². The molecule has 2 rings (SSSR count). The van der Waals surface area contributed by atoms with E-state index in [0.717, 1.165) is 12.8 Å². The second-order valence-corrected chi connectivity index (χ2v) is 4.80. The number of carbonyl (C=O) groups is 1. The van der Waals surface area contributed by atoms with Gasteiger partial charge >= 0.3 is 0 Å². The van der Waals surface area contributed by atoms with E-state index in [0.29, 0.717) is 17.6 Å². The summed E-state index contributed by atoms with van der Waals surface area (Å²) in [6.07, 6.45) is 7.72. The van der Waals surface area contributed by atoms with Crippen LogP contribution in [0.5, 0.6) is 0 Å². The standard InChI is InChI=1S/C12H20N4O/c1-2-8-5-3-4-6-10(8)16-7-9(13)11(15-16)12(14)17/h7-8,10H,2-6,13H2,1H3,(H2,14,17). The lowest BCUT2D eigenvalue weighted by Gasteiger charge is -2.30. The summed E-state index contributed by atoms with van der Waals surface area (Å²) in [5.74, 6) is 0.0777. The predicted octanol–water partition coefficient (Wildman–Crippen LogP) is 1.71. The minimum atomic E-state index is -0.551. The number of aromatic nitrogens is 2. The third kappa shape index (κ3) is 2.28. The highest BCUT2D eigenvalue weighted by Gasteiger charge is 2.27. The molecule has 0 radical (unpaired) electrons. The van der Waals surface area contributed by atoms with Gasteiger partial charge < -0.3 is 11.5 Å². The van der Waals surface area contributed by atoms with Gasteiger partial charge in [0, 0.05) is 6.20 Å². The van der Waals surface area contributed by atoms with E-state index >= 15 is 0 Å². The lowest BCUT2D eigenvalue weighted by atomic mass is 9.83. The van der Waals surface area contributed by atoms with Crippen molar-refractivity contribution < 1.29 is 4.79 Å². The van der Waals surface area contributed by atoms with E-state index in [1.54, 1.807) is 6.20 Å². The summed E-state index contributed by atoms with van der Waals surface area (Å²) in [7, 11) is 0. The topological polar surface area (TPSA) is 86.9 Å². The van der Waals surface area contributed by atoms with Crippen molar-refractivity contribution in [1.29, 1.82) is 0 Å². The average Bonchev–Trinajstić information content (AvgIpc) is 2.71. The van der Waals surface area contributed by atoms with Gasteiger partial charge in [0.15, 0.2) is 5.69 Å². The van der Waals surface area contributed by atoms with Crippen LogP contribution in [-0.2, 0) is 0 Å². The number of anilines is 1. The minimum absolute atomic E-state index is 0.199. The van der Waals surface area contributed by atoms with E-state index in [1.165, 1.54) is 19.3 Å². The fraction of sp³-hybridized carbons (Fsp3) is 0.667. The van der Waals surface area contributed by atoms with Crippen LogP contribution in [0.4, 0.5) is 5.69 Å². The van der Waals surface area contributed by atoms with Gasteiger partial charge in [0.25, 0.3) is 5.91 Å². The highest BCUT2D eigenvalue weighted by Crippen LogP contribution is 2.36. The van der Waals surface area contributed by atoms with Gasteiger partial charge in [0.1, 0.15) is 0 Å². The molecular weight excluding hydrogens is 216 g/mol. The van der Waals surface area contributed by atoms with Gasteiger partial charge in [0.05, 0.1) is 11.7 Å². The molecule has 0 aliphatic heterocycles. The lowest BCUT2D eigenvalue weighted by Crippen LogP contribution is -2.24. The van der Waals surface area contributed by atoms with Crippen molar-refractivity contribution in [3.05, 3.63) is 11.9 Å². The Hall–Kier alpha value is -1.52. The average molecular weight is 236 g/mol. The van der Waals surface area contributed by atoms with E-state index in [4.69, 9.17) is 11.5 Å². The van der Waals surface area contributed by atoms with Crippen LogP contribution in [0.15, 0.2) is 6.20 Å². The fourth-order valence-corrected chi connectivity index (χ4v) is 2.78. The molecular formula is C12H20N4O. The molecule has 1 aliphatic carbocycles. The van der Waals surface area contributed by atoms with E-state index in [-0.39, 0.29) is 5.69 Å². The van der Waals surface area contributed by atoms with Crippen LogP contribution in [0.3, 0.4) is 0 Å². The van der Waals surface area contributed by atoms with Crippen molar-refractivity contribution >= 4 is 11.6 Å². The highest BCUT2D eigenvalue weighted by molar-refractivity contribution is 5.95. The molecule has 1 saturated carbocycles. The molecule has 1 heterocycles. The zero-order chi connectivity index (χ0) is 12.4. The molecule has 0 saturated heterocycles. The molecule has 1 aliphatic rings. The summed E-state index contributed by atoms with van der Waals surface area (Å²) in [5, 5.41) is 4.25. The minimum Gasteiger partial charge on any atom is -0.396 e. The Balaban J connectivity index is 2.26. The third-order valence-corrected chi connectivity index (χ3v) is 3.73. The Bertz CT molecular complexity index is 413. The van der Waals surface area contributed by atoms with Crippen molar-refractivity contribution in [3.8, 4) is 0 Å². The Morgan fingerprint density at radius 1 is 1.53 bits per heavy atom. The van der Waals surface area contributed by atoms with Crippen molar-refractivity contribution in [1.82, 2.24) is 9.78 Å². The molecule has 0 spiro atoms. The Kier molecular flexibility index (Phi) is 3.36. The van der Waals surface area contributed by atoms with Crippen LogP contribution in [-0.4, -0.2) is 15.7 Å². The fourth-order valence-electron chi connectivity index (χ4n) is 2.78. The van der Waals surface area contributed by atoms with Crippen LogP contribution in [0.25, 0.3) is 0 Å². The third-order valence-electron chi connectivity index (χ3n) is 3.73. The van der Waals surface area contributed by atoms with Crippen LogP contribution in [0, 0.1) is 5.92 Å². The number of nitrogens with zero attached hydrogens (tertiary/aromatic N) is 2. The summed E-state index contributed by atoms with van der Waals surface area (Å²) in [4.78, 5) is 11.1. The number of rotatable bonds is 3. The highest BCUT2D eigenvalue weighted by atomic mass is 16.1. The van der Waals surface area contributed by atoms with E-state index in [1.807, 2.05) is 4.68 Å². The molecule has 1 aromatic heterocycles. The zero-order valence-corrected chi connectivity index (χ0v) is 10.2. The first-order valence-corrected chi connectivity index (χ1v) is 6.28. The molecule has 0 bridgehead atoms. The Labute approximate surface area is 101 Å². The molecule has 5 heteroatoms. The summed E-state index contributed by atoms with van der Waals surface area (Å²) >= 11 is 0. The molecule has 1 aromatic rings. The normalized spacial score (nSPS) is 24.8. The molecule has 2 atom stereocenters. The van der Waals surface area contributed by atoms with Gasteiger partial charge in [-0.3, -0.25) is 9.48 Å². The molecule has 4 N–H and O–H groups in total. The van der Waals surface area contributed by atoms with Gasteiger partial charge in [-0.15, -0.1) is 0 Å². The first kappa shape index (κ1) is 12.0. The molecule has 5 nitrogen and oxygen atoms in total. The van der Waals surface area contributed by atoms with Crippen molar-refractivity contribution in [2.75, 3.05) is 5.73 Å². The molecule has 2 unspecified atom stereocenters. The quantitative estimate of drug-likeness (QED) is 0.837. The molecule has 0 aromatic carbocycles. The van der Waals surface area contributed by atoms with Crippen LogP contribution < -0.4 is 11.5 Å². The summed E-state index contributed by atoms with van der Waals surface area (Å²) in [5.41, 5.74) is 11.6. The lowest BCUT2D eigenvalue weighted by molar-refractivity contribution is 0.0994. The second kappa shape index (κ2) is 4.77. The van der Waals surface area contributed by atoms with E-state index in [2.05, 4.69) is 12.0 Å². The monoisotopic (exact) mass is 236 g/mol. The number of hydrogen-bond acceptors (Lipinski definition) is 3. The molecule has 94 valence electrons. The van der Waals surface area contributed by atoms with Crippen LogP contribution in [0.1, 0.15) is 55.6 Å². The van der Waals surface area contributed by atoms with Gasteiger partial charge in [-0.1, -0.05) is 26.2 Å². The van der Waals surface area contributed by atoms with Crippen LogP contribution >= 0.6 is 0 Å². The maximum Gasteiger partial charge on any atom is 0.271 e. The second-order valence-electron chi connectivity index (χ2n) is 4.80. The van der Waals surface area contributed by atoms with Gasteiger partial charge in [-0.05, 0) is 18.8 Å². The van der Waals surface area contributed by atoms with Crippen molar-refractivity contribution in [2.45, 2.75) is 45.1 Å². The number of carbonyl (C=O) groups excluding carboxylic acids is 1. The van der Waals surface area contributed by atoms with Gasteiger partial charge in [-0.2, -0.15) is 5.10 Å². The molecule has 17 heavy (non-hydrogen) atoms.